The molecule has 10 heavy (non-hydrogen) atoms. The fourth-order valence-electron chi connectivity index (χ4n) is 0.648. The van der Waals surface area contributed by atoms with Crippen molar-refractivity contribution in [2.75, 3.05) is 0 Å². The fourth-order valence-corrected chi connectivity index (χ4v) is 0.648. The highest BCUT2D eigenvalue weighted by Gasteiger charge is 2.10. The van der Waals surface area contributed by atoms with Gasteiger partial charge in [0.25, 0.3) is 0 Å². The molecule has 0 amide bonds. The fraction of sp³-hybridized carbons (Fsp3) is 0.625. The molecule has 0 heterocycles. The summed E-state index contributed by atoms with van der Waals surface area (Å²) in [7, 11) is 0. The van der Waals surface area contributed by atoms with Crippen molar-refractivity contribution >= 4 is 5.97 Å². The molecule has 0 bridgehead atoms. The zero-order chi connectivity index (χ0) is 8.15. The van der Waals surface area contributed by atoms with Gasteiger partial charge in [0.1, 0.15) is 6.10 Å². The lowest BCUT2D eigenvalue weighted by molar-refractivity contribution is -0.145. The maximum absolute atomic E-state index is 10.4. The van der Waals surface area contributed by atoms with Gasteiger partial charge in [-0.15, -0.1) is 0 Å². The molecular formula is C8H14O2. The molecule has 0 aliphatic carbocycles. The second-order valence-electron chi connectivity index (χ2n) is 2.55. The average Bonchev–Trinajstić information content (AvgIpc) is 1.81. The minimum absolute atomic E-state index is 0.141. The van der Waals surface area contributed by atoms with Gasteiger partial charge in [0.2, 0.25) is 0 Å². The summed E-state index contributed by atoms with van der Waals surface area (Å²) < 4.78 is 4.90. The van der Waals surface area contributed by atoms with E-state index >= 15 is 0 Å². The molecule has 0 aliphatic rings. The summed E-state index contributed by atoms with van der Waals surface area (Å²) in [5.74, 6) is 0.0556. The molecule has 0 rings (SSSR count). The van der Waals surface area contributed by atoms with Crippen molar-refractivity contribution in [2.24, 2.45) is 5.92 Å². The minimum atomic E-state index is -0.251. The molecule has 0 aromatic rings. The molecule has 1 atom stereocenters. The molecule has 0 fully saturated rings. The van der Waals surface area contributed by atoms with Crippen molar-refractivity contribution in [3.63, 3.8) is 0 Å². The maximum atomic E-state index is 10.4. The third-order valence-electron chi connectivity index (χ3n) is 1.19. The molecule has 2 heteroatoms. The molecule has 0 aromatic heterocycles. The first-order chi connectivity index (χ1) is 4.57. The lowest BCUT2D eigenvalue weighted by Crippen LogP contribution is -2.19. The van der Waals surface area contributed by atoms with Gasteiger partial charge in [0.15, 0.2) is 0 Å². The van der Waals surface area contributed by atoms with Crippen LogP contribution in [0.15, 0.2) is 12.7 Å². The van der Waals surface area contributed by atoms with Crippen LogP contribution in [-0.2, 0) is 9.53 Å². The Labute approximate surface area is 61.9 Å². The van der Waals surface area contributed by atoms with E-state index in [1.165, 1.54) is 6.92 Å². The van der Waals surface area contributed by atoms with Crippen molar-refractivity contribution in [2.45, 2.75) is 26.9 Å². The Morgan fingerprint density at radius 3 is 2.20 bits per heavy atom. The first-order valence-electron chi connectivity index (χ1n) is 3.37. The van der Waals surface area contributed by atoms with Gasteiger partial charge in [0.05, 0.1) is 0 Å². The maximum Gasteiger partial charge on any atom is 0.303 e. The Hall–Kier alpha value is -0.790. The Morgan fingerprint density at radius 2 is 2.10 bits per heavy atom. The third kappa shape index (κ3) is 3.28. The average molecular weight is 142 g/mol. The molecule has 0 saturated heterocycles. The van der Waals surface area contributed by atoms with Crippen molar-refractivity contribution < 1.29 is 9.53 Å². The summed E-state index contributed by atoms with van der Waals surface area (Å²) in [5, 5.41) is 0. The van der Waals surface area contributed by atoms with Gasteiger partial charge in [-0.3, -0.25) is 4.79 Å². The van der Waals surface area contributed by atoms with Gasteiger partial charge in [-0.1, -0.05) is 26.5 Å². The summed E-state index contributed by atoms with van der Waals surface area (Å²) in [6, 6.07) is 0. The largest absolute Gasteiger partial charge is 0.458 e. The Bertz CT molecular complexity index is 127. The van der Waals surface area contributed by atoms with Crippen molar-refractivity contribution in [1.29, 1.82) is 0 Å². The SMILES string of the molecule is C=C[C@H](OC(C)=O)C(C)C. The highest BCUT2D eigenvalue weighted by Crippen LogP contribution is 2.06. The van der Waals surface area contributed by atoms with Crippen molar-refractivity contribution in [3.8, 4) is 0 Å². The minimum Gasteiger partial charge on any atom is -0.458 e. The first-order valence-corrected chi connectivity index (χ1v) is 3.37. The third-order valence-corrected chi connectivity index (χ3v) is 1.19. The number of carbonyl (C=O) groups is 1. The standard InChI is InChI=1S/C8H14O2/c1-5-8(6(2)3)10-7(4)9/h5-6,8H,1H2,2-4H3/t8-/m0/s1. The lowest BCUT2D eigenvalue weighted by Gasteiger charge is -2.15. The summed E-state index contributed by atoms with van der Waals surface area (Å²) in [6.07, 6.45) is 1.50. The molecule has 2 nitrogen and oxygen atoms in total. The first kappa shape index (κ1) is 9.21. The van der Waals surface area contributed by atoms with E-state index in [4.69, 9.17) is 4.74 Å². The summed E-state index contributed by atoms with van der Waals surface area (Å²) in [6.45, 7) is 8.92. The number of hydrogen-bond acceptors (Lipinski definition) is 2. The number of rotatable bonds is 3. The van der Waals surface area contributed by atoms with Crippen molar-refractivity contribution in [3.05, 3.63) is 12.7 Å². The zero-order valence-corrected chi connectivity index (χ0v) is 6.76. The summed E-state index contributed by atoms with van der Waals surface area (Å²) in [5.41, 5.74) is 0. The molecule has 0 aromatic carbocycles. The monoisotopic (exact) mass is 142 g/mol. The van der Waals surface area contributed by atoms with E-state index in [0.717, 1.165) is 0 Å². The van der Waals surface area contributed by atoms with Crippen LogP contribution in [0.5, 0.6) is 0 Å². The molecule has 0 saturated carbocycles. The summed E-state index contributed by atoms with van der Waals surface area (Å²) in [4.78, 5) is 10.4. The van der Waals surface area contributed by atoms with Gasteiger partial charge in [-0.2, -0.15) is 0 Å². The molecule has 0 radical (unpaired) electrons. The zero-order valence-electron chi connectivity index (χ0n) is 6.76. The molecule has 0 N–H and O–H groups in total. The van der Waals surface area contributed by atoms with Crippen molar-refractivity contribution in [1.82, 2.24) is 0 Å². The normalized spacial score (nSPS) is 12.8. The molecule has 58 valence electrons. The van der Waals surface area contributed by atoms with Crippen LogP contribution < -0.4 is 0 Å². The van der Waals surface area contributed by atoms with Gasteiger partial charge >= 0.3 is 5.97 Å². The molecular weight excluding hydrogens is 128 g/mol. The highest BCUT2D eigenvalue weighted by molar-refractivity contribution is 5.66. The van der Waals surface area contributed by atoms with Gasteiger partial charge in [-0.25, -0.2) is 0 Å². The topological polar surface area (TPSA) is 26.3 Å². The van der Waals surface area contributed by atoms with E-state index in [1.54, 1.807) is 6.08 Å². The number of carbonyl (C=O) groups excluding carboxylic acids is 1. The molecule has 0 aliphatic heterocycles. The smallest absolute Gasteiger partial charge is 0.303 e. The Balaban J connectivity index is 3.83. The van der Waals surface area contributed by atoms with Crippen LogP contribution in [0.4, 0.5) is 0 Å². The quantitative estimate of drug-likeness (QED) is 0.443. The van der Waals surface area contributed by atoms with Crippen LogP contribution in [0, 0.1) is 5.92 Å². The second kappa shape index (κ2) is 4.09. The van der Waals surface area contributed by atoms with E-state index in [1.807, 2.05) is 13.8 Å². The molecule has 0 unspecified atom stereocenters. The van der Waals surface area contributed by atoms with E-state index in [9.17, 15) is 4.79 Å². The highest BCUT2D eigenvalue weighted by atomic mass is 16.5. The van der Waals surface area contributed by atoms with Crippen LogP contribution in [-0.4, -0.2) is 12.1 Å². The predicted molar refractivity (Wildman–Crippen MR) is 40.6 cm³/mol. The van der Waals surface area contributed by atoms with Crippen LogP contribution in [0.3, 0.4) is 0 Å². The summed E-state index contributed by atoms with van der Waals surface area (Å²) >= 11 is 0. The van der Waals surface area contributed by atoms with E-state index in [-0.39, 0.29) is 12.1 Å². The molecule has 0 spiro atoms. The predicted octanol–water partition coefficient (Wildman–Crippen LogP) is 1.76. The van der Waals surface area contributed by atoms with Gasteiger partial charge < -0.3 is 4.74 Å². The Kier molecular flexibility index (Phi) is 3.77. The van der Waals surface area contributed by atoms with E-state index < -0.39 is 0 Å². The van der Waals surface area contributed by atoms with Crippen LogP contribution in [0.2, 0.25) is 0 Å². The number of hydrogen-bond donors (Lipinski definition) is 0. The van der Waals surface area contributed by atoms with E-state index in [2.05, 4.69) is 6.58 Å². The Morgan fingerprint density at radius 1 is 1.60 bits per heavy atom. The van der Waals surface area contributed by atoms with Gasteiger partial charge in [0, 0.05) is 6.92 Å². The van der Waals surface area contributed by atoms with Crippen LogP contribution >= 0.6 is 0 Å². The number of ether oxygens (including phenoxy) is 1. The second-order valence-corrected chi connectivity index (χ2v) is 2.55. The number of esters is 1. The lowest BCUT2D eigenvalue weighted by atomic mass is 10.1. The van der Waals surface area contributed by atoms with Crippen LogP contribution in [0.25, 0.3) is 0 Å². The van der Waals surface area contributed by atoms with Gasteiger partial charge in [-0.05, 0) is 5.92 Å². The van der Waals surface area contributed by atoms with Crippen LogP contribution in [0.1, 0.15) is 20.8 Å². The van der Waals surface area contributed by atoms with E-state index in [0.29, 0.717) is 5.92 Å².